The number of piperidine rings is 1. The number of aryl methyl sites for hydroxylation is 1. The number of nitrogens with zero attached hydrogens (tertiary/aromatic N) is 1. The zero-order chi connectivity index (χ0) is 24.4. The highest BCUT2D eigenvalue weighted by Gasteiger charge is 2.21. The molecule has 0 spiro atoms. The Hall–Kier alpha value is -2.75. The van der Waals surface area contributed by atoms with E-state index in [9.17, 15) is 0 Å². The number of fused-ring (bicyclic) bond motifs is 1. The lowest BCUT2D eigenvalue weighted by Gasteiger charge is -2.22. The largest absolute Gasteiger partial charge is 0.489 e. The predicted octanol–water partition coefficient (Wildman–Crippen LogP) is 7.76. The fourth-order valence-electron chi connectivity index (χ4n) is 5.14. The summed E-state index contributed by atoms with van der Waals surface area (Å²) in [5, 5.41) is 4.88. The molecule has 0 saturated carbocycles. The molecule has 1 aliphatic heterocycles. The van der Waals surface area contributed by atoms with E-state index in [-0.39, 0.29) is 17.8 Å². The first-order valence-electron chi connectivity index (χ1n) is 13.0. The summed E-state index contributed by atoms with van der Waals surface area (Å²) in [6.45, 7) is 12.6. The smallest absolute Gasteiger partial charge is 0.121 e. The molecule has 0 unspecified atom stereocenters. The zero-order valence-electron chi connectivity index (χ0n) is 22.0. The number of ether oxygens (including phenoxy) is 1. The zero-order valence-corrected chi connectivity index (χ0v) is 22.8. The standard InChI is InChI=1S/C32H38N2O.ClH/c1-23-5-7-25(8-6-23)22-35-28-13-14-29-30(26-15-17-33-18-16-26)21-34(31(29)19-28)20-24-9-11-27(12-10-24)32(2,3)4;/h5-14,19,21,26,33H,15-18,20,22H2,1-4H3;1H. The van der Waals surface area contributed by atoms with Gasteiger partial charge in [-0.3, -0.25) is 0 Å². The van der Waals surface area contributed by atoms with Crippen LogP contribution >= 0.6 is 12.4 Å². The van der Waals surface area contributed by atoms with Crippen LogP contribution in [0.3, 0.4) is 0 Å². The summed E-state index contributed by atoms with van der Waals surface area (Å²) >= 11 is 0. The molecule has 1 N–H and O–H groups in total. The number of hydrogen-bond donors (Lipinski definition) is 1. The third kappa shape index (κ3) is 5.96. The van der Waals surface area contributed by atoms with Gasteiger partial charge in [0.1, 0.15) is 12.4 Å². The third-order valence-electron chi connectivity index (χ3n) is 7.36. The number of rotatable bonds is 6. The Bertz CT molecular complexity index is 1280. The van der Waals surface area contributed by atoms with Crippen molar-refractivity contribution < 1.29 is 4.74 Å². The molecular formula is C32H39ClN2O. The molecule has 36 heavy (non-hydrogen) atoms. The van der Waals surface area contributed by atoms with Gasteiger partial charge >= 0.3 is 0 Å². The van der Waals surface area contributed by atoms with Gasteiger partial charge in [-0.25, -0.2) is 0 Å². The highest BCUT2D eigenvalue weighted by atomic mass is 35.5. The number of hydrogen-bond acceptors (Lipinski definition) is 2. The van der Waals surface area contributed by atoms with Gasteiger partial charge in [0.05, 0.1) is 5.52 Å². The van der Waals surface area contributed by atoms with E-state index in [1.54, 1.807) is 0 Å². The molecule has 0 bridgehead atoms. The molecule has 0 amide bonds. The topological polar surface area (TPSA) is 26.2 Å². The van der Waals surface area contributed by atoms with Crippen LogP contribution in [0.25, 0.3) is 10.9 Å². The Morgan fingerprint density at radius 3 is 2.22 bits per heavy atom. The number of benzene rings is 3. The van der Waals surface area contributed by atoms with Crippen molar-refractivity contribution >= 4 is 23.3 Å². The van der Waals surface area contributed by atoms with Gasteiger partial charge in [-0.2, -0.15) is 0 Å². The van der Waals surface area contributed by atoms with Gasteiger partial charge < -0.3 is 14.6 Å². The maximum atomic E-state index is 6.23. The van der Waals surface area contributed by atoms with Crippen molar-refractivity contribution in [3.05, 3.63) is 101 Å². The molecule has 1 aliphatic rings. The van der Waals surface area contributed by atoms with Crippen LogP contribution in [-0.4, -0.2) is 17.7 Å². The Balaban J connectivity index is 0.00000304. The average Bonchev–Trinajstić information content (AvgIpc) is 3.21. The van der Waals surface area contributed by atoms with Gasteiger partial charge in [-0.1, -0.05) is 74.9 Å². The number of nitrogens with one attached hydrogen (secondary N) is 1. The van der Waals surface area contributed by atoms with E-state index in [1.807, 2.05) is 0 Å². The van der Waals surface area contributed by atoms with Gasteiger partial charge in [-0.05, 0) is 78.6 Å². The summed E-state index contributed by atoms with van der Waals surface area (Å²) in [6, 6.07) is 24.4. The van der Waals surface area contributed by atoms with E-state index in [0.29, 0.717) is 12.5 Å². The Morgan fingerprint density at radius 1 is 0.889 bits per heavy atom. The molecular weight excluding hydrogens is 464 g/mol. The van der Waals surface area contributed by atoms with E-state index in [1.165, 1.54) is 51.6 Å². The Labute approximate surface area is 222 Å². The lowest BCUT2D eigenvalue weighted by Crippen LogP contribution is -2.26. The highest BCUT2D eigenvalue weighted by Crippen LogP contribution is 2.35. The van der Waals surface area contributed by atoms with Gasteiger partial charge in [-0.15, -0.1) is 12.4 Å². The molecule has 1 aromatic heterocycles. The Morgan fingerprint density at radius 2 is 1.56 bits per heavy atom. The fourth-order valence-corrected chi connectivity index (χ4v) is 5.14. The minimum atomic E-state index is 0. The summed E-state index contributed by atoms with van der Waals surface area (Å²) in [6.07, 6.45) is 4.80. The molecule has 0 radical (unpaired) electrons. The van der Waals surface area contributed by atoms with Crippen LogP contribution in [0.1, 0.15) is 67.3 Å². The predicted molar refractivity (Wildman–Crippen MR) is 154 cm³/mol. The van der Waals surface area contributed by atoms with Gasteiger partial charge in [0.2, 0.25) is 0 Å². The van der Waals surface area contributed by atoms with Crippen molar-refractivity contribution in [3.63, 3.8) is 0 Å². The molecule has 5 rings (SSSR count). The summed E-state index contributed by atoms with van der Waals surface area (Å²) in [5.74, 6) is 1.54. The van der Waals surface area contributed by atoms with Crippen LogP contribution in [-0.2, 0) is 18.6 Å². The number of aromatic nitrogens is 1. The molecule has 4 aromatic rings. The van der Waals surface area contributed by atoms with Crippen LogP contribution < -0.4 is 10.1 Å². The van der Waals surface area contributed by atoms with Gasteiger partial charge in [0, 0.05) is 24.2 Å². The minimum absolute atomic E-state index is 0. The maximum absolute atomic E-state index is 6.23. The van der Waals surface area contributed by atoms with Crippen LogP contribution in [0.15, 0.2) is 72.9 Å². The first-order chi connectivity index (χ1) is 16.9. The van der Waals surface area contributed by atoms with E-state index in [0.717, 1.165) is 25.4 Å². The van der Waals surface area contributed by atoms with Crippen molar-refractivity contribution in [1.29, 1.82) is 0 Å². The summed E-state index contributed by atoms with van der Waals surface area (Å²) in [7, 11) is 0. The van der Waals surface area contributed by atoms with Crippen LogP contribution in [0.4, 0.5) is 0 Å². The fraction of sp³-hybridized carbons (Fsp3) is 0.375. The number of halogens is 1. The average molecular weight is 503 g/mol. The van der Waals surface area contributed by atoms with E-state index in [4.69, 9.17) is 4.74 Å². The van der Waals surface area contributed by atoms with Crippen molar-refractivity contribution in [2.45, 2.75) is 65.0 Å². The normalized spacial score (nSPS) is 14.6. The second kappa shape index (κ2) is 11.1. The van der Waals surface area contributed by atoms with E-state index < -0.39 is 0 Å². The summed E-state index contributed by atoms with van der Waals surface area (Å²) in [5.41, 5.74) is 8.09. The molecule has 3 nitrogen and oxygen atoms in total. The Kier molecular flexibility index (Phi) is 8.12. The lowest BCUT2D eigenvalue weighted by molar-refractivity contribution is 0.306. The molecule has 0 aliphatic carbocycles. The van der Waals surface area contributed by atoms with Crippen molar-refractivity contribution in [2.24, 2.45) is 0 Å². The molecule has 2 heterocycles. The highest BCUT2D eigenvalue weighted by molar-refractivity contribution is 5.86. The van der Waals surface area contributed by atoms with Crippen molar-refractivity contribution in [1.82, 2.24) is 9.88 Å². The first kappa shape index (κ1) is 26.3. The van der Waals surface area contributed by atoms with Crippen LogP contribution in [0.5, 0.6) is 5.75 Å². The van der Waals surface area contributed by atoms with Crippen LogP contribution in [0, 0.1) is 6.92 Å². The molecule has 4 heteroatoms. The third-order valence-corrected chi connectivity index (χ3v) is 7.36. The lowest BCUT2D eigenvalue weighted by atomic mass is 9.87. The van der Waals surface area contributed by atoms with E-state index in [2.05, 4.69) is 111 Å². The van der Waals surface area contributed by atoms with E-state index >= 15 is 0 Å². The maximum Gasteiger partial charge on any atom is 0.121 e. The SMILES string of the molecule is Cc1ccc(COc2ccc3c(C4CCNCC4)cn(Cc4ccc(C(C)(C)C)cc4)c3c2)cc1.Cl. The minimum Gasteiger partial charge on any atom is -0.489 e. The molecule has 1 saturated heterocycles. The van der Waals surface area contributed by atoms with Crippen LogP contribution in [0.2, 0.25) is 0 Å². The first-order valence-corrected chi connectivity index (χ1v) is 13.0. The summed E-state index contributed by atoms with van der Waals surface area (Å²) in [4.78, 5) is 0. The van der Waals surface area contributed by atoms with Gasteiger partial charge in [0.15, 0.2) is 0 Å². The second-order valence-corrected chi connectivity index (χ2v) is 11.1. The molecule has 190 valence electrons. The molecule has 1 fully saturated rings. The quantitative estimate of drug-likeness (QED) is 0.291. The molecule has 3 aromatic carbocycles. The second-order valence-electron chi connectivity index (χ2n) is 11.1. The monoisotopic (exact) mass is 502 g/mol. The van der Waals surface area contributed by atoms with Crippen molar-refractivity contribution in [2.75, 3.05) is 13.1 Å². The molecule has 0 atom stereocenters. The summed E-state index contributed by atoms with van der Waals surface area (Å²) < 4.78 is 8.66. The van der Waals surface area contributed by atoms with Crippen molar-refractivity contribution in [3.8, 4) is 5.75 Å². The van der Waals surface area contributed by atoms with Gasteiger partial charge in [0.25, 0.3) is 0 Å².